The number of fused-ring (bicyclic) bond motifs is 2. The lowest BCUT2D eigenvalue weighted by molar-refractivity contribution is -0.146. The monoisotopic (exact) mass is 296 g/mol. The van der Waals surface area contributed by atoms with Crippen molar-refractivity contribution in [2.24, 2.45) is 5.92 Å². The van der Waals surface area contributed by atoms with Crippen LogP contribution in [-0.4, -0.2) is 70.7 Å². The molecule has 6 nitrogen and oxygen atoms in total. The van der Waals surface area contributed by atoms with Gasteiger partial charge in [-0.15, -0.1) is 0 Å². The lowest BCUT2D eigenvalue weighted by Gasteiger charge is -2.36. The van der Waals surface area contributed by atoms with Gasteiger partial charge in [0.25, 0.3) is 0 Å². The molecule has 5 atom stereocenters. The molecule has 1 amide bonds. The minimum atomic E-state index is -0.715. The predicted molar refractivity (Wildman–Crippen MR) is 75.8 cm³/mol. The van der Waals surface area contributed by atoms with Gasteiger partial charge in [-0.25, -0.2) is 0 Å². The number of morpholine rings is 1. The molecule has 0 aliphatic carbocycles. The van der Waals surface area contributed by atoms with Crippen LogP contribution in [-0.2, 0) is 14.3 Å². The van der Waals surface area contributed by atoms with Crippen LogP contribution in [0.5, 0.6) is 0 Å². The maximum Gasteiger partial charge on any atom is 0.308 e. The molecule has 21 heavy (non-hydrogen) atoms. The first kappa shape index (κ1) is 14.8. The maximum atomic E-state index is 12.5. The van der Waals surface area contributed by atoms with E-state index in [1.165, 1.54) is 0 Å². The summed E-state index contributed by atoms with van der Waals surface area (Å²) in [6.45, 7) is 5.59. The van der Waals surface area contributed by atoms with Crippen molar-refractivity contribution in [1.29, 1.82) is 0 Å². The summed E-state index contributed by atoms with van der Waals surface area (Å²) in [6, 6.07) is 0.322. The van der Waals surface area contributed by atoms with Crippen LogP contribution >= 0.6 is 0 Å². The average Bonchev–Trinajstić information content (AvgIpc) is 2.94. The molecule has 118 valence electrons. The molecule has 5 unspecified atom stereocenters. The first-order chi connectivity index (χ1) is 9.95. The second-order valence-electron chi connectivity index (χ2n) is 6.71. The van der Waals surface area contributed by atoms with Gasteiger partial charge in [-0.2, -0.15) is 0 Å². The fourth-order valence-corrected chi connectivity index (χ4v) is 4.25. The van der Waals surface area contributed by atoms with E-state index in [1.54, 1.807) is 0 Å². The van der Waals surface area contributed by atoms with Gasteiger partial charge in [0.1, 0.15) is 0 Å². The normalized spacial score (nSPS) is 39.7. The van der Waals surface area contributed by atoms with Gasteiger partial charge >= 0.3 is 5.97 Å². The topological polar surface area (TPSA) is 70.1 Å². The molecule has 0 spiro atoms. The van der Waals surface area contributed by atoms with Crippen LogP contribution in [0.2, 0.25) is 0 Å². The van der Waals surface area contributed by atoms with Gasteiger partial charge in [-0.3, -0.25) is 14.5 Å². The minimum absolute atomic E-state index is 0.0485. The Balaban J connectivity index is 1.62. The van der Waals surface area contributed by atoms with Gasteiger partial charge in [0.15, 0.2) is 0 Å². The van der Waals surface area contributed by atoms with Gasteiger partial charge in [-0.05, 0) is 33.1 Å². The van der Waals surface area contributed by atoms with Crippen molar-refractivity contribution in [3.63, 3.8) is 0 Å². The second-order valence-corrected chi connectivity index (χ2v) is 6.71. The Morgan fingerprint density at radius 1 is 1.19 bits per heavy atom. The Labute approximate surface area is 125 Å². The Morgan fingerprint density at radius 3 is 2.43 bits per heavy atom. The summed E-state index contributed by atoms with van der Waals surface area (Å²) >= 11 is 0. The molecule has 0 aromatic rings. The number of hydrogen-bond donors (Lipinski definition) is 1. The molecule has 3 aliphatic heterocycles. The van der Waals surface area contributed by atoms with E-state index >= 15 is 0 Å². The van der Waals surface area contributed by atoms with E-state index in [0.717, 1.165) is 12.8 Å². The van der Waals surface area contributed by atoms with Gasteiger partial charge in [0, 0.05) is 25.2 Å². The van der Waals surface area contributed by atoms with Crippen LogP contribution in [0.3, 0.4) is 0 Å². The third-order valence-corrected chi connectivity index (χ3v) is 5.09. The Hall–Kier alpha value is -1.14. The molecule has 3 rings (SSSR count). The summed E-state index contributed by atoms with van der Waals surface area (Å²) in [6.07, 6.45) is 2.77. The molecule has 6 heteroatoms. The van der Waals surface area contributed by atoms with E-state index in [0.29, 0.717) is 26.1 Å². The zero-order valence-electron chi connectivity index (χ0n) is 12.7. The van der Waals surface area contributed by atoms with E-state index in [4.69, 9.17) is 4.74 Å². The molecule has 3 saturated heterocycles. The maximum absolute atomic E-state index is 12.5. The first-order valence-electron chi connectivity index (χ1n) is 7.87. The number of rotatable bonds is 3. The molecule has 3 fully saturated rings. The smallest absolute Gasteiger partial charge is 0.308 e. The Kier molecular flexibility index (Phi) is 3.92. The largest absolute Gasteiger partial charge is 0.481 e. The van der Waals surface area contributed by atoms with Gasteiger partial charge in [-0.1, -0.05) is 0 Å². The van der Waals surface area contributed by atoms with Crippen molar-refractivity contribution in [3.8, 4) is 0 Å². The van der Waals surface area contributed by atoms with Crippen LogP contribution in [0.15, 0.2) is 0 Å². The lowest BCUT2D eigenvalue weighted by atomic mass is 9.89. The van der Waals surface area contributed by atoms with E-state index < -0.39 is 5.97 Å². The van der Waals surface area contributed by atoms with Crippen LogP contribution in [0, 0.1) is 5.92 Å². The fraction of sp³-hybridized carbons (Fsp3) is 0.867. The lowest BCUT2D eigenvalue weighted by Crippen LogP contribution is -2.51. The number of ether oxygens (including phenoxy) is 1. The number of nitrogens with zero attached hydrogens (tertiary/aromatic N) is 2. The summed E-state index contributed by atoms with van der Waals surface area (Å²) in [4.78, 5) is 27.8. The molecule has 2 bridgehead atoms. The number of carboxylic acids is 1. The quantitative estimate of drug-likeness (QED) is 0.824. The number of hydrogen-bond acceptors (Lipinski definition) is 4. The summed E-state index contributed by atoms with van der Waals surface area (Å²) in [5, 5.41) is 9.27. The van der Waals surface area contributed by atoms with Crippen LogP contribution < -0.4 is 0 Å². The highest BCUT2D eigenvalue weighted by Gasteiger charge is 2.49. The van der Waals surface area contributed by atoms with E-state index in [1.807, 2.05) is 18.7 Å². The third kappa shape index (κ3) is 2.79. The number of amides is 1. The molecular weight excluding hydrogens is 272 g/mol. The van der Waals surface area contributed by atoms with E-state index in [2.05, 4.69) is 4.90 Å². The van der Waals surface area contributed by atoms with Crippen LogP contribution in [0.4, 0.5) is 0 Å². The first-order valence-corrected chi connectivity index (χ1v) is 7.87. The van der Waals surface area contributed by atoms with Crippen molar-refractivity contribution < 1.29 is 19.4 Å². The summed E-state index contributed by atoms with van der Waals surface area (Å²) in [5.41, 5.74) is 0. The SMILES string of the molecule is CC1CN(C(=O)CN2C3CCC2C(C(=O)O)C3)CC(C)O1. The van der Waals surface area contributed by atoms with Crippen LogP contribution in [0.1, 0.15) is 33.1 Å². The predicted octanol–water partition coefficient (Wildman–Crippen LogP) is 0.560. The minimum Gasteiger partial charge on any atom is -0.481 e. The molecule has 3 heterocycles. The third-order valence-electron chi connectivity index (χ3n) is 5.09. The molecule has 3 aliphatic rings. The highest BCUT2D eigenvalue weighted by atomic mass is 16.5. The molecule has 0 aromatic carbocycles. The summed E-state index contributed by atoms with van der Waals surface area (Å²) in [5.74, 6) is -0.896. The van der Waals surface area contributed by atoms with Gasteiger partial charge in [0.05, 0.1) is 24.7 Å². The molecule has 1 N–H and O–H groups in total. The molecule has 0 radical (unpaired) electrons. The Bertz CT molecular complexity index is 431. The fourth-order valence-electron chi connectivity index (χ4n) is 4.25. The van der Waals surface area contributed by atoms with Crippen molar-refractivity contribution in [1.82, 2.24) is 9.80 Å². The average molecular weight is 296 g/mol. The number of carbonyl (C=O) groups is 2. The van der Waals surface area contributed by atoms with E-state index in [-0.39, 0.29) is 36.1 Å². The van der Waals surface area contributed by atoms with Crippen molar-refractivity contribution in [3.05, 3.63) is 0 Å². The van der Waals surface area contributed by atoms with Crippen molar-refractivity contribution in [2.45, 2.75) is 57.4 Å². The summed E-state index contributed by atoms with van der Waals surface area (Å²) in [7, 11) is 0. The summed E-state index contributed by atoms with van der Waals surface area (Å²) < 4.78 is 5.65. The van der Waals surface area contributed by atoms with E-state index in [9.17, 15) is 14.7 Å². The zero-order valence-corrected chi connectivity index (χ0v) is 12.7. The number of aliphatic carboxylic acids is 1. The molecule has 0 saturated carbocycles. The number of carboxylic acid groups (broad SMARTS) is 1. The number of carbonyl (C=O) groups excluding carboxylic acids is 1. The Morgan fingerprint density at radius 2 is 1.86 bits per heavy atom. The molecule has 0 aromatic heterocycles. The van der Waals surface area contributed by atoms with Crippen molar-refractivity contribution >= 4 is 11.9 Å². The van der Waals surface area contributed by atoms with Gasteiger partial charge in [0.2, 0.25) is 5.91 Å². The standard InChI is InChI=1S/C15H24N2O4/c1-9-6-16(7-10(2)21-9)14(18)8-17-11-3-4-13(17)12(5-11)15(19)20/h9-13H,3-8H2,1-2H3,(H,19,20). The van der Waals surface area contributed by atoms with Gasteiger partial charge < -0.3 is 14.7 Å². The highest BCUT2D eigenvalue weighted by molar-refractivity contribution is 5.79. The van der Waals surface area contributed by atoms with Crippen LogP contribution in [0.25, 0.3) is 0 Å². The second kappa shape index (κ2) is 5.57. The zero-order chi connectivity index (χ0) is 15.1. The van der Waals surface area contributed by atoms with Crippen molar-refractivity contribution in [2.75, 3.05) is 19.6 Å². The highest BCUT2D eigenvalue weighted by Crippen LogP contribution is 2.41. The molecular formula is C15H24N2O4.